The third kappa shape index (κ3) is 5.94. The number of para-hydroxylation sites is 1. The molecule has 1 N–H and O–H groups in total. The lowest BCUT2D eigenvalue weighted by molar-refractivity contribution is -0.127. The zero-order valence-electron chi connectivity index (χ0n) is 22.6. The van der Waals surface area contributed by atoms with Gasteiger partial charge in [-0.3, -0.25) is 9.59 Å². The summed E-state index contributed by atoms with van der Waals surface area (Å²) in [6, 6.07) is 11.8. The van der Waals surface area contributed by atoms with Gasteiger partial charge in [-0.1, -0.05) is 31.0 Å². The molecular formula is C28H34N4O6S. The highest BCUT2D eigenvalue weighted by Crippen LogP contribution is 2.29. The van der Waals surface area contributed by atoms with Crippen molar-refractivity contribution < 1.29 is 27.5 Å². The minimum absolute atomic E-state index is 0.0573. The van der Waals surface area contributed by atoms with E-state index in [0.29, 0.717) is 41.1 Å². The molecule has 208 valence electrons. The summed E-state index contributed by atoms with van der Waals surface area (Å²) in [5.41, 5.74) is 1.29. The number of amides is 2. The molecule has 0 aliphatic carbocycles. The van der Waals surface area contributed by atoms with Crippen LogP contribution in [0.25, 0.3) is 17.0 Å². The Balaban J connectivity index is 1.80. The van der Waals surface area contributed by atoms with Crippen LogP contribution < -0.4 is 14.8 Å². The van der Waals surface area contributed by atoms with Crippen LogP contribution in [0.3, 0.4) is 0 Å². The predicted octanol–water partition coefficient (Wildman–Crippen LogP) is 3.49. The Labute approximate surface area is 229 Å². The van der Waals surface area contributed by atoms with Crippen molar-refractivity contribution in [3.8, 4) is 11.5 Å². The van der Waals surface area contributed by atoms with E-state index in [2.05, 4.69) is 5.32 Å². The van der Waals surface area contributed by atoms with Gasteiger partial charge >= 0.3 is 10.2 Å². The summed E-state index contributed by atoms with van der Waals surface area (Å²) < 4.78 is 39.0. The first kappa shape index (κ1) is 28.2. The van der Waals surface area contributed by atoms with Crippen LogP contribution in [0.15, 0.2) is 54.4 Å². The summed E-state index contributed by atoms with van der Waals surface area (Å²) in [6.07, 6.45) is 6.85. The molecule has 1 aromatic heterocycles. The number of benzene rings is 2. The minimum Gasteiger partial charge on any atom is -0.493 e. The standard InChI is InChI=1S/C28H34N4O6S/c1-30(2)39(35,36)32-19-21(22-11-7-8-12-24(22)32)17-23(28(34)31-15-9-5-6-10-16-31)29-27(33)20-13-14-25(37-3)26(18-20)38-4/h7-8,11-14,17-19H,5-6,9-10,15-16H2,1-4H3,(H,29,33). The van der Waals surface area contributed by atoms with Gasteiger partial charge < -0.3 is 19.7 Å². The van der Waals surface area contributed by atoms with Crippen molar-refractivity contribution in [2.24, 2.45) is 0 Å². The maximum absolute atomic E-state index is 13.8. The molecule has 39 heavy (non-hydrogen) atoms. The average molecular weight is 555 g/mol. The lowest BCUT2D eigenvalue weighted by atomic mass is 10.1. The summed E-state index contributed by atoms with van der Waals surface area (Å²) in [4.78, 5) is 28.9. The number of nitrogens with zero attached hydrogens (tertiary/aromatic N) is 3. The Bertz CT molecular complexity index is 1500. The largest absolute Gasteiger partial charge is 0.493 e. The molecule has 3 aromatic rings. The summed E-state index contributed by atoms with van der Waals surface area (Å²) in [5, 5.41) is 3.42. The maximum Gasteiger partial charge on any atom is 0.307 e. The van der Waals surface area contributed by atoms with Crippen LogP contribution in [-0.4, -0.2) is 74.8 Å². The highest BCUT2D eigenvalue weighted by Gasteiger charge is 2.25. The zero-order chi connectivity index (χ0) is 28.2. The van der Waals surface area contributed by atoms with E-state index in [9.17, 15) is 18.0 Å². The maximum atomic E-state index is 13.8. The van der Waals surface area contributed by atoms with Crippen LogP contribution in [0.2, 0.25) is 0 Å². The van der Waals surface area contributed by atoms with Crippen LogP contribution in [0.1, 0.15) is 41.6 Å². The highest BCUT2D eigenvalue weighted by atomic mass is 32.2. The van der Waals surface area contributed by atoms with E-state index >= 15 is 0 Å². The number of carbonyl (C=O) groups is 2. The SMILES string of the molecule is COc1ccc(C(=O)NC(=Cc2cn(S(=O)(=O)N(C)C)c3ccccc23)C(=O)N2CCCCCC2)cc1OC. The van der Waals surface area contributed by atoms with Crippen molar-refractivity contribution in [1.82, 2.24) is 18.5 Å². The molecule has 0 bridgehead atoms. The quantitative estimate of drug-likeness (QED) is 0.427. The molecule has 10 nitrogen and oxygen atoms in total. The molecule has 1 fully saturated rings. The summed E-state index contributed by atoms with van der Waals surface area (Å²) >= 11 is 0. The Morgan fingerprint density at radius 3 is 2.26 bits per heavy atom. The van der Waals surface area contributed by atoms with Crippen molar-refractivity contribution in [2.75, 3.05) is 41.4 Å². The normalized spacial score (nSPS) is 14.8. The van der Waals surface area contributed by atoms with Crippen molar-refractivity contribution in [3.05, 3.63) is 65.5 Å². The fourth-order valence-corrected chi connectivity index (χ4v) is 5.59. The first-order valence-corrected chi connectivity index (χ1v) is 14.1. The highest BCUT2D eigenvalue weighted by molar-refractivity contribution is 7.87. The predicted molar refractivity (Wildman–Crippen MR) is 150 cm³/mol. The molecule has 1 saturated heterocycles. The number of ether oxygens (including phenoxy) is 2. The van der Waals surface area contributed by atoms with Gasteiger partial charge in [0.05, 0.1) is 19.7 Å². The number of rotatable bonds is 8. The second-order valence-corrected chi connectivity index (χ2v) is 11.5. The van der Waals surface area contributed by atoms with E-state index in [1.807, 2.05) is 0 Å². The summed E-state index contributed by atoms with van der Waals surface area (Å²) in [5.74, 6) is 0.0277. The molecule has 1 aliphatic rings. The fraction of sp³-hybridized carbons (Fsp3) is 0.357. The smallest absolute Gasteiger partial charge is 0.307 e. The van der Waals surface area contributed by atoms with Gasteiger partial charge in [-0.05, 0) is 43.2 Å². The molecule has 0 atom stereocenters. The van der Waals surface area contributed by atoms with E-state index in [0.717, 1.165) is 30.0 Å². The molecule has 0 spiro atoms. The first-order chi connectivity index (χ1) is 18.7. The topological polar surface area (TPSA) is 110 Å². The van der Waals surface area contributed by atoms with Crippen LogP contribution in [0.5, 0.6) is 11.5 Å². The number of methoxy groups -OCH3 is 2. The first-order valence-electron chi connectivity index (χ1n) is 12.7. The molecular weight excluding hydrogens is 520 g/mol. The molecule has 0 saturated carbocycles. The Kier molecular flexibility index (Phi) is 8.61. The summed E-state index contributed by atoms with van der Waals surface area (Å²) in [7, 11) is 2.06. The lowest BCUT2D eigenvalue weighted by Crippen LogP contribution is -2.39. The van der Waals surface area contributed by atoms with E-state index in [4.69, 9.17) is 9.47 Å². The number of nitrogens with one attached hydrogen (secondary N) is 1. The molecule has 0 unspecified atom stereocenters. The summed E-state index contributed by atoms with van der Waals surface area (Å²) in [6.45, 7) is 1.17. The van der Waals surface area contributed by atoms with E-state index < -0.39 is 16.1 Å². The van der Waals surface area contributed by atoms with E-state index in [-0.39, 0.29) is 17.2 Å². The van der Waals surface area contributed by atoms with E-state index in [1.54, 1.807) is 47.4 Å². The van der Waals surface area contributed by atoms with Gasteiger partial charge in [-0.15, -0.1) is 0 Å². The van der Waals surface area contributed by atoms with Crippen molar-refractivity contribution in [1.29, 1.82) is 0 Å². The third-order valence-electron chi connectivity index (χ3n) is 6.74. The Hall–Kier alpha value is -3.83. The molecule has 2 heterocycles. The fourth-order valence-electron chi connectivity index (χ4n) is 4.58. The van der Waals surface area contributed by atoms with Crippen LogP contribution in [0.4, 0.5) is 0 Å². The van der Waals surface area contributed by atoms with E-state index in [1.165, 1.54) is 44.6 Å². The number of carbonyl (C=O) groups excluding carboxylic acids is 2. The van der Waals surface area contributed by atoms with Gasteiger partial charge in [0.2, 0.25) is 0 Å². The number of likely N-dealkylation sites (tertiary alicyclic amines) is 1. The Morgan fingerprint density at radius 2 is 1.62 bits per heavy atom. The van der Waals surface area contributed by atoms with Crippen molar-refractivity contribution in [2.45, 2.75) is 25.7 Å². The molecule has 11 heteroatoms. The number of hydrogen-bond donors (Lipinski definition) is 1. The lowest BCUT2D eigenvalue weighted by Gasteiger charge is -2.22. The molecule has 2 amide bonds. The Morgan fingerprint density at radius 1 is 0.949 bits per heavy atom. The minimum atomic E-state index is -3.83. The zero-order valence-corrected chi connectivity index (χ0v) is 23.5. The van der Waals surface area contributed by atoms with Crippen LogP contribution in [-0.2, 0) is 15.0 Å². The van der Waals surface area contributed by atoms with Gasteiger partial charge in [0.1, 0.15) is 5.70 Å². The van der Waals surface area contributed by atoms with Gasteiger partial charge in [0.15, 0.2) is 11.5 Å². The van der Waals surface area contributed by atoms with Crippen molar-refractivity contribution >= 4 is 39.0 Å². The number of hydrogen-bond acceptors (Lipinski definition) is 6. The average Bonchev–Trinajstić information content (AvgIpc) is 3.10. The van der Waals surface area contributed by atoms with Gasteiger partial charge in [-0.2, -0.15) is 12.7 Å². The monoisotopic (exact) mass is 554 g/mol. The molecule has 2 aromatic carbocycles. The molecule has 1 aliphatic heterocycles. The van der Waals surface area contributed by atoms with Gasteiger partial charge in [0.25, 0.3) is 11.8 Å². The molecule has 4 rings (SSSR count). The van der Waals surface area contributed by atoms with Gasteiger partial charge in [0, 0.05) is 49.9 Å². The second kappa shape index (κ2) is 11.9. The number of fused-ring (bicyclic) bond motifs is 1. The van der Waals surface area contributed by atoms with Crippen LogP contribution >= 0.6 is 0 Å². The van der Waals surface area contributed by atoms with Gasteiger partial charge in [-0.25, -0.2) is 3.97 Å². The second-order valence-electron chi connectivity index (χ2n) is 9.48. The molecule has 0 radical (unpaired) electrons. The number of aromatic nitrogens is 1. The van der Waals surface area contributed by atoms with Crippen LogP contribution in [0, 0.1) is 0 Å². The van der Waals surface area contributed by atoms with Crippen molar-refractivity contribution in [3.63, 3.8) is 0 Å². The third-order valence-corrected chi connectivity index (χ3v) is 8.46.